The molecule has 0 bridgehead atoms. The monoisotopic (exact) mass is 238 g/mol. The summed E-state index contributed by atoms with van der Waals surface area (Å²) in [6, 6.07) is 1.51. The molecular weight excluding hydrogens is 208 g/mol. The highest BCUT2D eigenvalue weighted by molar-refractivity contribution is 4.86. The Balaban J connectivity index is 1.92. The van der Waals surface area contributed by atoms with Crippen LogP contribution in [0.1, 0.15) is 64.7 Å². The number of rotatable bonds is 2. The standard InChI is InChI=1S/C15H30N2/c1-13-9-10-17(15(11-13)12-16)14-7-5-3-2-4-6-8-14/h13-15H,2-12,16H2,1H3. The minimum atomic E-state index is 0.670. The first-order valence-corrected chi connectivity index (χ1v) is 7.77. The predicted molar refractivity (Wildman–Crippen MR) is 74.1 cm³/mol. The molecule has 1 aliphatic carbocycles. The summed E-state index contributed by atoms with van der Waals surface area (Å²) in [7, 11) is 0. The SMILES string of the molecule is CC1CCN(C2CCCCCCC2)C(CN)C1. The van der Waals surface area contributed by atoms with Gasteiger partial charge in [0.05, 0.1) is 0 Å². The van der Waals surface area contributed by atoms with Crippen molar-refractivity contribution in [3.63, 3.8) is 0 Å². The van der Waals surface area contributed by atoms with Crippen molar-refractivity contribution < 1.29 is 0 Å². The lowest BCUT2D eigenvalue weighted by Gasteiger charge is -2.43. The third-order valence-electron chi connectivity index (χ3n) is 4.84. The molecule has 2 aliphatic rings. The lowest BCUT2D eigenvalue weighted by molar-refractivity contribution is 0.0627. The topological polar surface area (TPSA) is 29.3 Å². The maximum atomic E-state index is 5.99. The normalized spacial score (nSPS) is 34.2. The molecule has 2 heteroatoms. The molecule has 2 rings (SSSR count). The molecule has 2 atom stereocenters. The average Bonchev–Trinajstić information content (AvgIpc) is 2.29. The average molecular weight is 238 g/mol. The van der Waals surface area contributed by atoms with Crippen molar-refractivity contribution in [3.8, 4) is 0 Å². The zero-order chi connectivity index (χ0) is 12.1. The molecule has 2 unspecified atom stereocenters. The third-order valence-corrected chi connectivity index (χ3v) is 4.84. The van der Waals surface area contributed by atoms with E-state index in [0.717, 1.165) is 18.5 Å². The van der Waals surface area contributed by atoms with Gasteiger partial charge in [0.15, 0.2) is 0 Å². The van der Waals surface area contributed by atoms with Crippen molar-refractivity contribution in [2.75, 3.05) is 13.1 Å². The first-order chi connectivity index (χ1) is 8.31. The summed E-state index contributed by atoms with van der Waals surface area (Å²) in [5, 5.41) is 0. The molecular formula is C15H30N2. The Hall–Kier alpha value is -0.0800. The van der Waals surface area contributed by atoms with E-state index in [4.69, 9.17) is 5.73 Å². The van der Waals surface area contributed by atoms with Crippen LogP contribution < -0.4 is 5.73 Å². The first kappa shape index (κ1) is 13.4. The number of hydrogen-bond donors (Lipinski definition) is 1. The van der Waals surface area contributed by atoms with Crippen molar-refractivity contribution in [3.05, 3.63) is 0 Å². The molecule has 1 saturated carbocycles. The minimum Gasteiger partial charge on any atom is -0.329 e. The molecule has 0 amide bonds. The quantitative estimate of drug-likeness (QED) is 0.800. The highest BCUT2D eigenvalue weighted by Crippen LogP contribution is 2.29. The summed E-state index contributed by atoms with van der Waals surface area (Å²) in [5.41, 5.74) is 5.99. The molecule has 2 N–H and O–H groups in total. The van der Waals surface area contributed by atoms with Crippen LogP contribution in [0.4, 0.5) is 0 Å². The van der Waals surface area contributed by atoms with E-state index in [1.54, 1.807) is 0 Å². The van der Waals surface area contributed by atoms with Crippen LogP contribution in [0.2, 0.25) is 0 Å². The molecule has 1 heterocycles. The molecule has 17 heavy (non-hydrogen) atoms. The van der Waals surface area contributed by atoms with Crippen molar-refractivity contribution in [1.29, 1.82) is 0 Å². The van der Waals surface area contributed by atoms with Crippen molar-refractivity contribution in [2.45, 2.75) is 76.8 Å². The van der Waals surface area contributed by atoms with Crippen LogP contribution in [-0.4, -0.2) is 30.1 Å². The Morgan fingerprint density at radius 1 is 1.00 bits per heavy atom. The summed E-state index contributed by atoms with van der Waals surface area (Å²) in [4.78, 5) is 2.77. The summed E-state index contributed by atoms with van der Waals surface area (Å²) in [6.45, 7) is 4.55. The van der Waals surface area contributed by atoms with Crippen LogP contribution in [0.5, 0.6) is 0 Å². The Kier molecular flexibility index (Phi) is 5.30. The molecule has 1 aliphatic heterocycles. The van der Waals surface area contributed by atoms with Gasteiger partial charge in [-0.25, -0.2) is 0 Å². The fourth-order valence-electron chi connectivity index (χ4n) is 3.75. The van der Waals surface area contributed by atoms with Crippen molar-refractivity contribution >= 4 is 0 Å². The van der Waals surface area contributed by atoms with Crippen LogP contribution >= 0.6 is 0 Å². The lowest BCUT2D eigenvalue weighted by Crippen LogP contribution is -2.51. The van der Waals surface area contributed by atoms with Gasteiger partial charge >= 0.3 is 0 Å². The summed E-state index contributed by atoms with van der Waals surface area (Å²) in [5.74, 6) is 0.883. The smallest absolute Gasteiger partial charge is 0.0223 e. The number of nitrogens with two attached hydrogens (primary N) is 1. The fraction of sp³-hybridized carbons (Fsp3) is 1.00. The van der Waals surface area contributed by atoms with Crippen LogP contribution in [0.15, 0.2) is 0 Å². The Morgan fingerprint density at radius 2 is 1.65 bits per heavy atom. The van der Waals surface area contributed by atoms with Gasteiger partial charge in [0.2, 0.25) is 0 Å². The van der Waals surface area contributed by atoms with E-state index in [2.05, 4.69) is 11.8 Å². The largest absolute Gasteiger partial charge is 0.329 e. The number of piperidine rings is 1. The number of likely N-dealkylation sites (tertiary alicyclic amines) is 1. The van der Waals surface area contributed by atoms with E-state index in [1.165, 1.54) is 64.3 Å². The molecule has 2 fully saturated rings. The fourth-order valence-corrected chi connectivity index (χ4v) is 3.75. The highest BCUT2D eigenvalue weighted by atomic mass is 15.2. The van der Waals surface area contributed by atoms with Gasteiger partial charge < -0.3 is 5.73 Å². The van der Waals surface area contributed by atoms with E-state index in [-0.39, 0.29) is 0 Å². The van der Waals surface area contributed by atoms with Crippen molar-refractivity contribution in [1.82, 2.24) is 4.90 Å². The van der Waals surface area contributed by atoms with E-state index < -0.39 is 0 Å². The molecule has 0 aromatic carbocycles. The second-order valence-electron chi connectivity index (χ2n) is 6.26. The van der Waals surface area contributed by atoms with Gasteiger partial charge in [-0.1, -0.05) is 39.0 Å². The molecule has 0 radical (unpaired) electrons. The van der Waals surface area contributed by atoms with Gasteiger partial charge in [0, 0.05) is 18.6 Å². The predicted octanol–water partition coefficient (Wildman–Crippen LogP) is 3.16. The Morgan fingerprint density at radius 3 is 2.29 bits per heavy atom. The minimum absolute atomic E-state index is 0.670. The molecule has 2 nitrogen and oxygen atoms in total. The maximum absolute atomic E-state index is 5.99. The number of nitrogens with zero attached hydrogens (tertiary/aromatic N) is 1. The van der Waals surface area contributed by atoms with Crippen LogP contribution in [0.3, 0.4) is 0 Å². The highest BCUT2D eigenvalue weighted by Gasteiger charge is 2.30. The lowest BCUT2D eigenvalue weighted by atomic mass is 9.88. The first-order valence-electron chi connectivity index (χ1n) is 7.77. The van der Waals surface area contributed by atoms with Crippen LogP contribution in [0.25, 0.3) is 0 Å². The second kappa shape index (κ2) is 6.75. The summed E-state index contributed by atoms with van der Waals surface area (Å²) < 4.78 is 0. The van der Waals surface area contributed by atoms with Gasteiger partial charge in [0.25, 0.3) is 0 Å². The van der Waals surface area contributed by atoms with E-state index in [1.807, 2.05) is 0 Å². The van der Waals surface area contributed by atoms with Crippen LogP contribution in [-0.2, 0) is 0 Å². The van der Waals surface area contributed by atoms with E-state index in [9.17, 15) is 0 Å². The Bertz CT molecular complexity index is 209. The zero-order valence-electron chi connectivity index (χ0n) is 11.5. The summed E-state index contributed by atoms with van der Waals surface area (Å²) in [6.07, 6.45) is 12.8. The van der Waals surface area contributed by atoms with Gasteiger partial charge in [-0.2, -0.15) is 0 Å². The van der Waals surface area contributed by atoms with Crippen LogP contribution in [0, 0.1) is 5.92 Å². The van der Waals surface area contributed by atoms with E-state index in [0.29, 0.717) is 6.04 Å². The molecule has 0 aromatic rings. The van der Waals surface area contributed by atoms with E-state index >= 15 is 0 Å². The molecule has 0 aromatic heterocycles. The van der Waals surface area contributed by atoms with Gasteiger partial charge in [-0.3, -0.25) is 4.90 Å². The third kappa shape index (κ3) is 3.69. The molecule has 0 spiro atoms. The molecule has 1 saturated heterocycles. The Labute approximate surface area is 107 Å². The zero-order valence-corrected chi connectivity index (χ0v) is 11.5. The van der Waals surface area contributed by atoms with Gasteiger partial charge in [-0.05, 0) is 38.1 Å². The van der Waals surface area contributed by atoms with Gasteiger partial charge in [-0.15, -0.1) is 0 Å². The van der Waals surface area contributed by atoms with Crippen molar-refractivity contribution in [2.24, 2.45) is 11.7 Å². The van der Waals surface area contributed by atoms with Gasteiger partial charge in [0.1, 0.15) is 0 Å². The summed E-state index contributed by atoms with van der Waals surface area (Å²) >= 11 is 0. The molecule has 100 valence electrons. The maximum Gasteiger partial charge on any atom is 0.0223 e. The second-order valence-corrected chi connectivity index (χ2v) is 6.26. The number of hydrogen-bond acceptors (Lipinski definition) is 2.